The Balaban J connectivity index is 2.11. The molecule has 2 N–H and O–H groups in total. The lowest BCUT2D eigenvalue weighted by Crippen LogP contribution is -2.39. The first-order valence-electron chi connectivity index (χ1n) is 6.92. The van der Waals surface area contributed by atoms with Gasteiger partial charge >= 0.3 is 0 Å². The first kappa shape index (κ1) is 15.9. The molecule has 0 saturated heterocycles. The molecule has 0 amide bonds. The Labute approximate surface area is 129 Å². The first-order valence-corrected chi connectivity index (χ1v) is 9.20. The maximum Gasteiger partial charge on any atom is 0.241 e. The van der Waals surface area contributed by atoms with Crippen LogP contribution in [0.3, 0.4) is 0 Å². The van der Waals surface area contributed by atoms with Crippen LogP contribution in [0.4, 0.5) is 0 Å². The predicted octanol–water partition coefficient (Wildman–Crippen LogP) is 2.78. The van der Waals surface area contributed by atoms with Crippen LogP contribution in [0.2, 0.25) is 0 Å². The lowest BCUT2D eigenvalue weighted by molar-refractivity contribution is 0.383. The maximum absolute atomic E-state index is 12.3. The minimum absolute atomic E-state index is 0.106. The van der Waals surface area contributed by atoms with Crippen LogP contribution in [-0.2, 0) is 16.6 Å². The minimum atomic E-state index is -3.42. The Morgan fingerprint density at radius 2 is 2.05 bits per heavy atom. The van der Waals surface area contributed by atoms with Crippen LogP contribution in [0.1, 0.15) is 38.7 Å². The van der Waals surface area contributed by atoms with Gasteiger partial charge in [-0.15, -0.1) is 0 Å². The molecule has 4 nitrogen and oxygen atoms in total. The molecule has 0 aromatic heterocycles. The number of hydrogen-bond donors (Lipinski definition) is 2. The van der Waals surface area contributed by atoms with E-state index in [2.05, 4.69) is 39.8 Å². The van der Waals surface area contributed by atoms with Gasteiger partial charge in [0.25, 0.3) is 0 Å². The van der Waals surface area contributed by atoms with Crippen molar-refractivity contribution in [2.24, 2.45) is 0 Å². The van der Waals surface area contributed by atoms with Gasteiger partial charge in [-0.3, -0.25) is 0 Å². The highest BCUT2D eigenvalue weighted by Crippen LogP contribution is 2.26. The highest BCUT2D eigenvalue weighted by atomic mass is 79.9. The summed E-state index contributed by atoms with van der Waals surface area (Å²) in [4.78, 5) is 0.317. The molecule has 20 heavy (non-hydrogen) atoms. The van der Waals surface area contributed by atoms with Crippen molar-refractivity contribution in [3.63, 3.8) is 0 Å². The van der Waals surface area contributed by atoms with E-state index in [1.54, 1.807) is 6.07 Å². The maximum atomic E-state index is 12.3. The van der Waals surface area contributed by atoms with Crippen LogP contribution in [0.5, 0.6) is 0 Å². The zero-order valence-corrected chi connectivity index (χ0v) is 14.2. The van der Waals surface area contributed by atoms with Crippen molar-refractivity contribution in [3.8, 4) is 0 Å². The highest BCUT2D eigenvalue weighted by Gasteiger charge is 2.26. The van der Waals surface area contributed by atoms with E-state index in [4.69, 9.17) is 0 Å². The summed E-state index contributed by atoms with van der Waals surface area (Å²) >= 11 is 3.37. The number of rotatable bonds is 6. The van der Waals surface area contributed by atoms with Gasteiger partial charge in [-0.25, -0.2) is 13.1 Å². The van der Waals surface area contributed by atoms with Gasteiger partial charge in [0.05, 0.1) is 4.90 Å². The largest absolute Gasteiger partial charge is 0.310 e. The molecule has 1 aliphatic carbocycles. The van der Waals surface area contributed by atoms with E-state index in [1.807, 2.05) is 12.1 Å². The molecular weight excluding hydrogens is 340 g/mol. The van der Waals surface area contributed by atoms with Gasteiger partial charge in [0.2, 0.25) is 10.0 Å². The fraction of sp³-hybridized carbons (Fsp3) is 0.571. The summed E-state index contributed by atoms with van der Waals surface area (Å²) in [6, 6.07) is 5.90. The lowest BCUT2D eigenvalue weighted by Gasteiger charge is -2.26. The highest BCUT2D eigenvalue weighted by molar-refractivity contribution is 9.10. The number of sulfonamides is 1. The third-order valence-electron chi connectivity index (χ3n) is 3.43. The molecule has 1 fully saturated rings. The average Bonchev–Trinajstić information content (AvgIpc) is 2.31. The third-order valence-corrected chi connectivity index (χ3v) is 5.92. The molecule has 1 aromatic carbocycles. The summed E-state index contributed by atoms with van der Waals surface area (Å²) in [7, 11) is -3.42. The van der Waals surface area contributed by atoms with Crippen molar-refractivity contribution in [2.45, 2.75) is 56.6 Å². The Hall–Kier alpha value is -0.430. The Kier molecular flexibility index (Phi) is 5.23. The number of halogens is 1. The topological polar surface area (TPSA) is 58.2 Å². The van der Waals surface area contributed by atoms with E-state index in [0.717, 1.165) is 31.4 Å². The van der Waals surface area contributed by atoms with Crippen LogP contribution in [0, 0.1) is 0 Å². The molecule has 0 heterocycles. The Bertz CT molecular complexity index is 569. The fourth-order valence-electron chi connectivity index (χ4n) is 2.00. The molecule has 1 aromatic rings. The van der Waals surface area contributed by atoms with Crippen LogP contribution in [0.25, 0.3) is 0 Å². The van der Waals surface area contributed by atoms with Crippen LogP contribution in [-0.4, -0.2) is 20.5 Å². The Morgan fingerprint density at radius 3 is 2.55 bits per heavy atom. The lowest BCUT2D eigenvalue weighted by atomic mass is 9.94. The molecule has 0 atom stereocenters. The summed E-state index contributed by atoms with van der Waals surface area (Å²) in [6.45, 7) is 4.89. The van der Waals surface area contributed by atoms with Gasteiger partial charge in [0, 0.05) is 23.1 Å². The summed E-state index contributed by atoms with van der Waals surface area (Å²) in [5, 5.41) is 3.31. The molecule has 0 aliphatic heterocycles. The summed E-state index contributed by atoms with van der Waals surface area (Å²) in [5.41, 5.74) is 1.06. The van der Waals surface area contributed by atoms with Gasteiger partial charge in [0.15, 0.2) is 0 Å². The van der Waals surface area contributed by atoms with Crippen LogP contribution >= 0.6 is 15.9 Å². The van der Waals surface area contributed by atoms with E-state index >= 15 is 0 Å². The second kappa shape index (κ2) is 6.56. The first-order chi connectivity index (χ1) is 9.38. The molecule has 0 unspecified atom stereocenters. The number of hydrogen-bond acceptors (Lipinski definition) is 3. The zero-order chi connectivity index (χ0) is 14.8. The van der Waals surface area contributed by atoms with Crippen molar-refractivity contribution >= 4 is 26.0 Å². The smallest absolute Gasteiger partial charge is 0.241 e. The van der Waals surface area contributed by atoms with Gasteiger partial charge in [-0.2, -0.15) is 0 Å². The second-order valence-corrected chi connectivity index (χ2v) is 8.09. The second-order valence-electron chi connectivity index (χ2n) is 5.55. The quantitative estimate of drug-likeness (QED) is 0.819. The number of benzene rings is 1. The van der Waals surface area contributed by atoms with Gasteiger partial charge in [-0.05, 0) is 46.5 Å². The molecule has 0 radical (unpaired) electrons. The molecule has 2 rings (SSSR count). The van der Waals surface area contributed by atoms with Gasteiger partial charge in [-0.1, -0.05) is 26.3 Å². The molecule has 1 saturated carbocycles. The molecule has 0 bridgehead atoms. The Morgan fingerprint density at radius 1 is 1.35 bits per heavy atom. The zero-order valence-electron chi connectivity index (χ0n) is 11.8. The fourth-order valence-corrected chi connectivity index (χ4v) is 4.43. The SMILES string of the molecule is CC(C)NCc1ccc(S(=O)(=O)NC2CCC2)c(Br)c1. The van der Waals surface area contributed by atoms with Crippen LogP contribution < -0.4 is 10.0 Å². The summed E-state index contributed by atoms with van der Waals surface area (Å²) < 4.78 is 27.9. The molecule has 6 heteroatoms. The standard InChI is InChI=1S/C14H21BrN2O2S/c1-10(2)16-9-11-6-7-14(13(15)8-11)20(18,19)17-12-4-3-5-12/h6-8,10,12,16-17H,3-5,9H2,1-2H3. The van der Waals surface area contributed by atoms with Crippen molar-refractivity contribution in [2.75, 3.05) is 0 Å². The van der Waals surface area contributed by atoms with Crippen LogP contribution in [0.15, 0.2) is 27.6 Å². The monoisotopic (exact) mass is 360 g/mol. The summed E-state index contributed by atoms with van der Waals surface area (Å²) in [5.74, 6) is 0. The van der Waals surface area contributed by atoms with Crippen molar-refractivity contribution in [1.29, 1.82) is 0 Å². The molecular formula is C14H21BrN2O2S. The average molecular weight is 361 g/mol. The van der Waals surface area contributed by atoms with E-state index in [1.165, 1.54) is 0 Å². The van der Waals surface area contributed by atoms with Gasteiger partial charge < -0.3 is 5.32 Å². The van der Waals surface area contributed by atoms with E-state index in [0.29, 0.717) is 15.4 Å². The molecule has 0 spiro atoms. The molecule has 112 valence electrons. The van der Waals surface area contributed by atoms with Crippen molar-refractivity contribution in [3.05, 3.63) is 28.2 Å². The third kappa shape index (κ3) is 4.04. The van der Waals surface area contributed by atoms with E-state index in [-0.39, 0.29) is 6.04 Å². The summed E-state index contributed by atoms with van der Waals surface area (Å²) in [6.07, 6.45) is 2.98. The predicted molar refractivity (Wildman–Crippen MR) is 84.1 cm³/mol. The van der Waals surface area contributed by atoms with E-state index < -0.39 is 10.0 Å². The molecule has 1 aliphatic rings. The van der Waals surface area contributed by atoms with Gasteiger partial charge in [0.1, 0.15) is 0 Å². The normalized spacial score (nSPS) is 16.4. The number of nitrogens with one attached hydrogen (secondary N) is 2. The minimum Gasteiger partial charge on any atom is -0.310 e. The van der Waals surface area contributed by atoms with E-state index in [9.17, 15) is 8.42 Å². The van der Waals surface area contributed by atoms with Crippen molar-refractivity contribution < 1.29 is 8.42 Å². The van der Waals surface area contributed by atoms with Crippen molar-refractivity contribution in [1.82, 2.24) is 10.0 Å².